The number of nitriles is 1. The normalized spacial score (nSPS) is 14.7. The van der Waals surface area contributed by atoms with E-state index in [2.05, 4.69) is 5.32 Å². The molecule has 0 bridgehead atoms. The number of rotatable bonds is 4. The van der Waals surface area contributed by atoms with Gasteiger partial charge in [-0.15, -0.1) is 0 Å². The van der Waals surface area contributed by atoms with Crippen LogP contribution < -0.4 is 5.32 Å². The van der Waals surface area contributed by atoms with E-state index >= 15 is 0 Å². The van der Waals surface area contributed by atoms with Gasteiger partial charge in [-0.05, 0) is 19.1 Å². The SMILES string of the molecule is CCN1CCN(CC(=O)Nc2ccccc2C#N)C(=O)C1=O. The number of amides is 3. The van der Waals surface area contributed by atoms with Crippen molar-refractivity contribution in [2.75, 3.05) is 31.5 Å². The quantitative estimate of drug-likeness (QED) is 0.803. The number of hydrogen-bond donors (Lipinski definition) is 1. The largest absolute Gasteiger partial charge is 0.333 e. The van der Waals surface area contributed by atoms with Crippen molar-refractivity contribution in [3.05, 3.63) is 29.8 Å². The Labute approximate surface area is 128 Å². The highest BCUT2D eigenvalue weighted by Gasteiger charge is 2.32. The minimum Gasteiger partial charge on any atom is -0.333 e. The Bertz CT molecular complexity index is 650. The van der Waals surface area contributed by atoms with Crippen LogP contribution in [0.25, 0.3) is 0 Å². The van der Waals surface area contributed by atoms with Gasteiger partial charge in [0.15, 0.2) is 0 Å². The molecule has 2 rings (SSSR count). The zero-order valence-electron chi connectivity index (χ0n) is 12.2. The molecule has 1 aromatic rings. The van der Waals surface area contributed by atoms with Gasteiger partial charge < -0.3 is 15.1 Å². The van der Waals surface area contributed by atoms with Gasteiger partial charge in [0, 0.05) is 19.6 Å². The molecule has 1 aliphatic heterocycles. The highest BCUT2D eigenvalue weighted by atomic mass is 16.2. The van der Waals surface area contributed by atoms with Gasteiger partial charge in [0.1, 0.15) is 12.6 Å². The fraction of sp³-hybridized carbons (Fsp3) is 0.333. The van der Waals surface area contributed by atoms with E-state index in [-0.39, 0.29) is 6.54 Å². The number of likely N-dealkylation sites (N-methyl/N-ethyl adjacent to an activating group) is 1. The molecule has 1 heterocycles. The van der Waals surface area contributed by atoms with Gasteiger partial charge in [0.25, 0.3) is 0 Å². The second-order valence-corrected chi connectivity index (χ2v) is 4.82. The summed E-state index contributed by atoms with van der Waals surface area (Å²) in [5.41, 5.74) is 0.732. The molecule has 0 aliphatic carbocycles. The smallest absolute Gasteiger partial charge is 0.312 e. The third kappa shape index (κ3) is 3.23. The van der Waals surface area contributed by atoms with Gasteiger partial charge in [-0.1, -0.05) is 12.1 Å². The second kappa shape index (κ2) is 6.72. The van der Waals surface area contributed by atoms with E-state index in [0.29, 0.717) is 30.9 Å². The van der Waals surface area contributed by atoms with Crippen LogP contribution in [-0.4, -0.2) is 53.7 Å². The van der Waals surface area contributed by atoms with E-state index in [0.717, 1.165) is 0 Å². The molecule has 22 heavy (non-hydrogen) atoms. The van der Waals surface area contributed by atoms with Crippen LogP contribution in [0.15, 0.2) is 24.3 Å². The first-order valence-electron chi connectivity index (χ1n) is 6.94. The first-order chi connectivity index (χ1) is 10.6. The van der Waals surface area contributed by atoms with Crippen molar-refractivity contribution in [3.8, 4) is 6.07 Å². The lowest BCUT2D eigenvalue weighted by atomic mass is 10.2. The maximum Gasteiger partial charge on any atom is 0.312 e. The number of nitrogens with zero attached hydrogens (tertiary/aromatic N) is 3. The highest BCUT2D eigenvalue weighted by molar-refractivity contribution is 6.35. The molecule has 1 aliphatic rings. The molecule has 3 amide bonds. The van der Waals surface area contributed by atoms with Gasteiger partial charge in [0.2, 0.25) is 5.91 Å². The van der Waals surface area contributed by atoms with E-state index < -0.39 is 17.7 Å². The van der Waals surface area contributed by atoms with Crippen LogP contribution in [0.2, 0.25) is 0 Å². The van der Waals surface area contributed by atoms with Crippen LogP contribution >= 0.6 is 0 Å². The van der Waals surface area contributed by atoms with Crippen molar-refractivity contribution >= 4 is 23.4 Å². The first kappa shape index (κ1) is 15.5. The van der Waals surface area contributed by atoms with Gasteiger partial charge in [-0.3, -0.25) is 14.4 Å². The minimum absolute atomic E-state index is 0.206. The molecule has 7 nitrogen and oxygen atoms in total. The first-order valence-corrected chi connectivity index (χ1v) is 6.94. The lowest BCUT2D eigenvalue weighted by molar-refractivity contribution is -0.156. The van der Waals surface area contributed by atoms with E-state index in [4.69, 9.17) is 5.26 Å². The van der Waals surface area contributed by atoms with Crippen LogP contribution in [0.1, 0.15) is 12.5 Å². The zero-order valence-corrected chi connectivity index (χ0v) is 12.2. The molecular weight excluding hydrogens is 284 g/mol. The number of hydrogen-bond acceptors (Lipinski definition) is 4. The van der Waals surface area contributed by atoms with Crippen molar-refractivity contribution in [1.29, 1.82) is 5.26 Å². The van der Waals surface area contributed by atoms with Crippen LogP contribution in [0.3, 0.4) is 0 Å². The maximum atomic E-state index is 12.0. The topological polar surface area (TPSA) is 93.5 Å². The number of benzene rings is 1. The molecule has 7 heteroatoms. The number of anilines is 1. The second-order valence-electron chi connectivity index (χ2n) is 4.82. The van der Waals surface area contributed by atoms with Crippen molar-refractivity contribution in [1.82, 2.24) is 9.80 Å². The zero-order chi connectivity index (χ0) is 16.1. The van der Waals surface area contributed by atoms with E-state index in [1.807, 2.05) is 6.07 Å². The molecule has 0 radical (unpaired) electrons. The minimum atomic E-state index is -0.670. The highest BCUT2D eigenvalue weighted by Crippen LogP contribution is 2.13. The number of nitrogens with one attached hydrogen (secondary N) is 1. The molecule has 0 unspecified atom stereocenters. The number of carbonyl (C=O) groups is 3. The average molecular weight is 300 g/mol. The predicted octanol–water partition coefficient (Wildman–Crippen LogP) is 0.187. The molecular formula is C15H16N4O3. The Morgan fingerprint density at radius 1 is 1.23 bits per heavy atom. The summed E-state index contributed by atoms with van der Waals surface area (Å²) in [4.78, 5) is 38.4. The van der Waals surface area contributed by atoms with Gasteiger partial charge in [0.05, 0.1) is 11.3 Å². The van der Waals surface area contributed by atoms with Gasteiger partial charge in [-0.2, -0.15) is 5.26 Å². The summed E-state index contributed by atoms with van der Waals surface area (Å²) >= 11 is 0. The molecule has 0 atom stereocenters. The number of piperazine rings is 1. The lowest BCUT2D eigenvalue weighted by Gasteiger charge is -2.32. The Balaban J connectivity index is 2.00. The fourth-order valence-electron chi connectivity index (χ4n) is 2.22. The summed E-state index contributed by atoms with van der Waals surface area (Å²) in [5.74, 6) is -1.69. The summed E-state index contributed by atoms with van der Waals surface area (Å²) < 4.78 is 0. The summed E-state index contributed by atoms with van der Waals surface area (Å²) in [6.45, 7) is 2.81. The predicted molar refractivity (Wildman–Crippen MR) is 78.6 cm³/mol. The molecule has 0 aromatic heterocycles. The fourth-order valence-corrected chi connectivity index (χ4v) is 2.22. The van der Waals surface area contributed by atoms with Crippen LogP contribution in [0, 0.1) is 11.3 Å². The number of para-hydroxylation sites is 1. The van der Waals surface area contributed by atoms with Crippen LogP contribution in [0.5, 0.6) is 0 Å². The molecule has 1 fully saturated rings. The van der Waals surface area contributed by atoms with Crippen molar-refractivity contribution in [2.45, 2.75) is 6.92 Å². The molecule has 114 valence electrons. The van der Waals surface area contributed by atoms with Gasteiger partial charge in [-0.25, -0.2) is 0 Å². The Kier molecular flexibility index (Phi) is 4.73. The molecule has 0 spiro atoms. The molecule has 1 saturated heterocycles. The Morgan fingerprint density at radius 3 is 2.55 bits per heavy atom. The van der Waals surface area contributed by atoms with Crippen molar-refractivity contribution < 1.29 is 14.4 Å². The van der Waals surface area contributed by atoms with E-state index in [1.54, 1.807) is 31.2 Å². The monoisotopic (exact) mass is 300 g/mol. The lowest BCUT2D eigenvalue weighted by Crippen LogP contribution is -2.55. The van der Waals surface area contributed by atoms with Crippen molar-refractivity contribution in [2.24, 2.45) is 0 Å². The Morgan fingerprint density at radius 2 is 1.86 bits per heavy atom. The summed E-state index contributed by atoms with van der Waals surface area (Å²) in [7, 11) is 0. The summed E-state index contributed by atoms with van der Waals surface area (Å²) in [6.07, 6.45) is 0. The van der Waals surface area contributed by atoms with Crippen LogP contribution in [-0.2, 0) is 14.4 Å². The molecule has 1 N–H and O–H groups in total. The van der Waals surface area contributed by atoms with Gasteiger partial charge >= 0.3 is 11.8 Å². The third-order valence-corrected chi connectivity index (χ3v) is 3.44. The van der Waals surface area contributed by atoms with E-state index in [1.165, 1.54) is 9.80 Å². The Hall–Kier alpha value is -2.88. The third-order valence-electron chi connectivity index (χ3n) is 3.44. The average Bonchev–Trinajstić information content (AvgIpc) is 2.52. The van der Waals surface area contributed by atoms with Crippen LogP contribution in [0.4, 0.5) is 5.69 Å². The van der Waals surface area contributed by atoms with Crippen molar-refractivity contribution in [3.63, 3.8) is 0 Å². The molecule has 1 aromatic carbocycles. The summed E-state index contributed by atoms with van der Waals surface area (Å²) in [6, 6.07) is 8.57. The number of carbonyl (C=O) groups excluding carboxylic acids is 3. The summed E-state index contributed by atoms with van der Waals surface area (Å²) in [5, 5.41) is 11.6. The maximum absolute atomic E-state index is 12.0. The van der Waals surface area contributed by atoms with E-state index in [9.17, 15) is 14.4 Å². The standard InChI is InChI=1S/C15H16N4O3/c1-2-18-7-8-19(15(22)14(18)21)10-13(20)17-12-6-4-3-5-11(12)9-16/h3-6H,2,7-8,10H2,1H3,(H,17,20). The molecule has 0 saturated carbocycles.